The number of amides is 4. The van der Waals surface area contributed by atoms with Crippen LogP contribution in [0.5, 0.6) is 0 Å². The van der Waals surface area contributed by atoms with Crippen molar-refractivity contribution in [2.45, 2.75) is 77.5 Å². The molecule has 3 aromatic carbocycles. The summed E-state index contributed by atoms with van der Waals surface area (Å²) in [6.45, 7) is 9.46. The maximum atomic E-state index is 13.6. The van der Waals surface area contributed by atoms with Crippen LogP contribution >= 0.6 is 65.3 Å². The Morgan fingerprint density at radius 2 is 1.31 bits per heavy atom. The van der Waals surface area contributed by atoms with Crippen LogP contribution in [0.15, 0.2) is 60.8 Å². The Balaban J connectivity index is 0.00000256. The minimum absolute atomic E-state index is 0. The molecule has 7 rings (SSSR count). The van der Waals surface area contributed by atoms with E-state index in [2.05, 4.69) is 69.5 Å². The van der Waals surface area contributed by atoms with Crippen molar-refractivity contribution in [1.82, 2.24) is 35.4 Å². The molecule has 4 heterocycles. The van der Waals surface area contributed by atoms with Gasteiger partial charge >= 0.3 is 12.2 Å². The van der Waals surface area contributed by atoms with Gasteiger partial charge in [-0.05, 0) is 83.7 Å². The molecule has 5 aromatic rings. The Labute approximate surface area is 394 Å². The topological polar surface area (TPSA) is 171 Å². The first-order valence-corrected chi connectivity index (χ1v) is 20.8. The van der Waals surface area contributed by atoms with Gasteiger partial charge in [0, 0.05) is 31.2 Å². The van der Waals surface area contributed by atoms with Crippen LogP contribution in [0.4, 0.5) is 14.7 Å². The van der Waals surface area contributed by atoms with E-state index in [0.29, 0.717) is 19.6 Å². The first-order valence-electron chi connectivity index (χ1n) is 20.0. The van der Waals surface area contributed by atoms with Gasteiger partial charge in [0.05, 0.1) is 42.4 Å². The van der Waals surface area contributed by atoms with Gasteiger partial charge in [-0.25, -0.2) is 19.6 Å². The molecule has 338 valence electrons. The van der Waals surface area contributed by atoms with E-state index in [1.807, 2.05) is 49.8 Å². The molecule has 0 radical (unpaired) electrons. The molecule has 0 spiro atoms. The number of hydrogen-bond acceptors (Lipinski definition) is 10. The molecular weight excluding hydrogens is 885 g/mol. The molecule has 2 aliphatic heterocycles. The number of imidazole rings is 1. The Hall–Kier alpha value is -4.30. The molecule has 4 atom stereocenters. The summed E-state index contributed by atoms with van der Waals surface area (Å²) in [7, 11) is 2.59. The number of hydrogen-bond donors (Lipinski definition) is 4. The number of alkyl carbamates (subject to hydrolysis) is 2. The van der Waals surface area contributed by atoms with Gasteiger partial charge < -0.3 is 40.2 Å². The summed E-state index contributed by atoms with van der Waals surface area (Å²) in [6, 6.07) is 17.6. The number of benzene rings is 3. The highest BCUT2D eigenvalue weighted by Gasteiger charge is 2.38. The third-order valence-electron chi connectivity index (χ3n) is 11.3. The zero-order valence-corrected chi connectivity index (χ0v) is 40.7. The van der Waals surface area contributed by atoms with E-state index in [4.69, 9.17) is 19.4 Å². The number of methoxy groups -OCH3 is 2. The minimum Gasteiger partial charge on any atom is -0.453 e. The van der Waals surface area contributed by atoms with Crippen LogP contribution in [-0.2, 0) is 19.1 Å². The van der Waals surface area contributed by atoms with Crippen molar-refractivity contribution in [2.24, 2.45) is 11.8 Å². The molecule has 0 saturated carbocycles. The largest absolute Gasteiger partial charge is 0.453 e. The van der Waals surface area contributed by atoms with Crippen LogP contribution in [0.2, 0.25) is 0 Å². The molecule has 2 aromatic heterocycles. The number of carbonyl (C=O) groups excluding carboxylic acids is 4. The first-order chi connectivity index (χ1) is 27.9. The Bertz CT molecular complexity index is 2320. The summed E-state index contributed by atoms with van der Waals surface area (Å²) in [5.41, 5.74) is 4.97. The number of fused-ring (bicyclic) bond motifs is 2. The fraction of sp³-hybridized carbons (Fsp3) is 0.442. The second kappa shape index (κ2) is 22.9. The second-order valence-electron chi connectivity index (χ2n) is 15.8. The number of H-pyrrole nitrogens is 1. The molecule has 4 amide bonds. The van der Waals surface area contributed by atoms with E-state index in [1.54, 1.807) is 11.3 Å². The van der Waals surface area contributed by atoms with Gasteiger partial charge in [-0.15, -0.1) is 0 Å². The molecule has 2 aliphatic rings. The first kappa shape index (κ1) is 52.0. The van der Waals surface area contributed by atoms with Gasteiger partial charge in [0.1, 0.15) is 17.9 Å². The molecule has 19 heteroatoms. The van der Waals surface area contributed by atoms with Crippen LogP contribution in [0, 0.1) is 11.8 Å². The summed E-state index contributed by atoms with van der Waals surface area (Å²) in [5, 5.41) is 11.9. The maximum Gasteiger partial charge on any atom is 0.407 e. The zero-order valence-electron chi connectivity index (χ0n) is 35.8. The van der Waals surface area contributed by atoms with Crippen LogP contribution in [-0.4, -0.2) is 101 Å². The Kier molecular flexibility index (Phi) is 19.2. The average molecular weight is 945 g/mol. The molecule has 2 saturated heterocycles. The van der Waals surface area contributed by atoms with Gasteiger partial charge in [0.15, 0.2) is 5.13 Å². The number of ether oxygens (including phenoxy) is 2. The lowest BCUT2D eigenvalue weighted by atomic mass is 9.99. The smallest absolute Gasteiger partial charge is 0.407 e. The zero-order chi connectivity index (χ0) is 41.1. The van der Waals surface area contributed by atoms with E-state index in [-0.39, 0.29) is 89.7 Å². The number of thiazole rings is 1. The highest BCUT2D eigenvalue weighted by Crippen LogP contribution is 2.35. The van der Waals surface area contributed by atoms with Gasteiger partial charge in [-0.2, -0.15) is 54.0 Å². The van der Waals surface area contributed by atoms with Gasteiger partial charge in [-0.3, -0.25) is 9.59 Å². The monoisotopic (exact) mass is 944 g/mol. The average Bonchev–Trinajstić information content (AvgIpc) is 4.06. The summed E-state index contributed by atoms with van der Waals surface area (Å²) >= 11 is 1.59. The predicted octanol–water partition coefficient (Wildman–Crippen LogP) is 7.79. The normalized spacial score (nSPS) is 16.7. The van der Waals surface area contributed by atoms with Gasteiger partial charge in [-0.1, -0.05) is 69.4 Å². The summed E-state index contributed by atoms with van der Waals surface area (Å²) in [5.74, 6) is 0.326. The second-order valence-corrected chi connectivity index (χ2v) is 16.8. The number of nitrogens with zero attached hydrogens (tertiary/aromatic N) is 4. The molecule has 62 heavy (non-hydrogen) atoms. The van der Waals surface area contributed by atoms with Crippen molar-refractivity contribution >= 4 is 115 Å². The van der Waals surface area contributed by atoms with Crippen LogP contribution in [0.3, 0.4) is 0 Å². The molecule has 4 N–H and O–H groups in total. The van der Waals surface area contributed by atoms with Gasteiger partial charge in [0.2, 0.25) is 11.8 Å². The van der Waals surface area contributed by atoms with Gasteiger partial charge in [0.25, 0.3) is 0 Å². The van der Waals surface area contributed by atoms with Crippen LogP contribution in [0.25, 0.3) is 43.4 Å². The lowest BCUT2D eigenvalue weighted by Crippen LogP contribution is -2.53. The number of likely N-dealkylation sites (tertiary alicyclic amines) is 2. The third-order valence-corrected chi connectivity index (χ3v) is 12.2. The van der Waals surface area contributed by atoms with Crippen LogP contribution in [0.1, 0.15) is 65.2 Å². The maximum absolute atomic E-state index is 13.6. The number of anilines is 1. The SMILES string of the molecule is COC(=O)N[C@H](C(=O)N1CCC[C@H]1CNc1nc2ccc(-c3ccc4cc(-c5cnc([C@@H]6CCCN6C(=O)[C@@H](NC(=O)OC)C(C)C)[nH]5)ccc4c3)cc2s1)C(C)C.S.S.S.S. The van der Waals surface area contributed by atoms with Crippen molar-refractivity contribution in [3.05, 3.63) is 66.6 Å². The highest BCUT2D eigenvalue weighted by atomic mass is 32.1. The van der Waals surface area contributed by atoms with Crippen molar-refractivity contribution in [3.63, 3.8) is 0 Å². The van der Waals surface area contributed by atoms with Crippen molar-refractivity contribution in [3.8, 4) is 22.4 Å². The number of rotatable bonds is 12. The fourth-order valence-corrected chi connectivity index (χ4v) is 8.95. The quantitative estimate of drug-likeness (QED) is 0.0976. The number of aromatic nitrogens is 3. The number of nitrogens with one attached hydrogen (secondary N) is 4. The summed E-state index contributed by atoms with van der Waals surface area (Å²) < 4.78 is 10.6. The Morgan fingerprint density at radius 3 is 1.94 bits per heavy atom. The summed E-state index contributed by atoms with van der Waals surface area (Å²) in [6.07, 6.45) is 4.01. The van der Waals surface area contributed by atoms with E-state index >= 15 is 0 Å². The molecule has 0 unspecified atom stereocenters. The standard InChI is InChI=1S/C43H52N8O6S.4H2S/c1-24(2)36(48-42(54)56-5)39(52)50-17-7-9-31(50)22-45-41-47-32-16-15-29(21-35(32)58-41)27-11-12-28-20-30(14-13-26(28)19-27)33-23-44-38(46-33)34-10-8-18-51(34)40(53)37(25(3)4)49-43(55)57-6;;;;/h11-16,19-21,23-25,31,34,36-37H,7-10,17-18,22H2,1-6H3,(H,44,46)(H,45,47)(H,48,54)(H,49,55);4*1H2/t31-,34-,36-,37-;;;;/m0..../s1. The molecule has 2 fully saturated rings. The number of carbonyl (C=O) groups is 4. The van der Waals surface area contributed by atoms with Crippen molar-refractivity contribution in [2.75, 3.05) is 39.2 Å². The minimum atomic E-state index is -0.687. The van der Waals surface area contributed by atoms with E-state index < -0.39 is 24.3 Å². The lowest BCUT2D eigenvalue weighted by Gasteiger charge is -2.30. The van der Waals surface area contributed by atoms with Crippen molar-refractivity contribution < 1.29 is 28.7 Å². The van der Waals surface area contributed by atoms with E-state index in [0.717, 1.165) is 80.0 Å². The Morgan fingerprint density at radius 1 is 0.758 bits per heavy atom. The molecule has 0 bridgehead atoms. The fourth-order valence-electron chi connectivity index (χ4n) is 8.04. The molecule has 14 nitrogen and oxygen atoms in total. The molecule has 0 aliphatic carbocycles. The van der Waals surface area contributed by atoms with E-state index in [9.17, 15) is 19.2 Å². The third kappa shape index (κ3) is 11.4. The number of aromatic amines is 1. The molecular formula is C43H60N8O6S5. The summed E-state index contributed by atoms with van der Waals surface area (Å²) in [4.78, 5) is 67.7. The van der Waals surface area contributed by atoms with Crippen molar-refractivity contribution in [1.29, 1.82) is 0 Å². The lowest BCUT2D eigenvalue weighted by molar-refractivity contribution is -0.136. The highest BCUT2D eigenvalue weighted by molar-refractivity contribution is 7.59. The predicted molar refractivity (Wildman–Crippen MR) is 267 cm³/mol. The van der Waals surface area contributed by atoms with Crippen LogP contribution < -0.4 is 16.0 Å². The van der Waals surface area contributed by atoms with E-state index in [1.165, 1.54) is 14.2 Å².